The third kappa shape index (κ3) is 6.66. The van der Waals surface area contributed by atoms with Crippen molar-refractivity contribution in [3.63, 3.8) is 0 Å². The van der Waals surface area contributed by atoms with Gasteiger partial charge in [0.1, 0.15) is 6.61 Å². The van der Waals surface area contributed by atoms with Gasteiger partial charge in [0.2, 0.25) is 0 Å². The van der Waals surface area contributed by atoms with Crippen LogP contribution in [0.5, 0.6) is 0 Å². The van der Waals surface area contributed by atoms with Crippen molar-refractivity contribution < 1.29 is 19.8 Å². The average molecular weight is 427 g/mol. The van der Waals surface area contributed by atoms with E-state index in [4.69, 9.17) is 5.11 Å². The van der Waals surface area contributed by atoms with Crippen molar-refractivity contribution in [1.82, 2.24) is 0 Å². The summed E-state index contributed by atoms with van der Waals surface area (Å²) in [6, 6.07) is 24.8. The number of rotatable bonds is 9. The summed E-state index contributed by atoms with van der Waals surface area (Å²) in [6.45, 7) is -0.174. The fourth-order valence-electron chi connectivity index (χ4n) is 3.59. The molecule has 4 nitrogen and oxygen atoms in total. The molecule has 0 fully saturated rings. The quantitative estimate of drug-likeness (QED) is 0.373. The summed E-state index contributed by atoms with van der Waals surface area (Å²) < 4.78 is 0. The van der Waals surface area contributed by atoms with Crippen LogP contribution in [0.2, 0.25) is 0 Å². The Morgan fingerprint density at radius 3 is 2.06 bits per heavy atom. The molecule has 0 aliphatic heterocycles. The minimum atomic E-state index is -0.924. The third-order valence-electron chi connectivity index (χ3n) is 5.38. The summed E-state index contributed by atoms with van der Waals surface area (Å²) in [5.74, 6) is 3.71. The summed E-state index contributed by atoms with van der Waals surface area (Å²) >= 11 is 0. The Morgan fingerprint density at radius 1 is 0.844 bits per heavy atom. The standard InChI is InChI=1S/C28H26O4/c29-19-5-9-22-11-13-23(14-12-22)24-15-17-25(18-16-24)27(30)20-26(28(31)32)10-4-8-21-6-2-1-3-7-21/h1-3,6-7,11-18,26,29H,4,8,10,19-20H2,(H,31,32). The lowest BCUT2D eigenvalue weighted by molar-refractivity contribution is -0.141. The molecule has 0 aromatic heterocycles. The van der Waals surface area contributed by atoms with Gasteiger partial charge in [0, 0.05) is 17.5 Å². The van der Waals surface area contributed by atoms with Crippen molar-refractivity contribution in [2.24, 2.45) is 5.92 Å². The smallest absolute Gasteiger partial charge is 0.306 e. The molecular weight excluding hydrogens is 400 g/mol. The number of carbonyl (C=O) groups is 2. The van der Waals surface area contributed by atoms with Gasteiger partial charge in [-0.1, -0.05) is 78.6 Å². The molecule has 162 valence electrons. The lowest BCUT2D eigenvalue weighted by Gasteiger charge is -2.12. The molecule has 0 aliphatic rings. The van der Waals surface area contributed by atoms with E-state index in [0.29, 0.717) is 12.0 Å². The van der Waals surface area contributed by atoms with Crippen LogP contribution in [0.4, 0.5) is 0 Å². The van der Waals surface area contributed by atoms with Crippen LogP contribution in [-0.4, -0.2) is 28.6 Å². The molecule has 0 bridgehead atoms. The first-order valence-corrected chi connectivity index (χ1v) is 10.7. The van der Waals surface area contributed by atoms with Gasteiger partial charge in [0.05, 0.1) is 5.92 Å². The Labute approximate surface area is 188 Å². The maximum atomic E-state index is 12.7. The molecule has 1 unspecified atom stereocenters. The summed E-state index contributed by atoms with van der Waals surface area (Å²) in [4.78, 5) is 24.4. The van der Waals surface area contributed by atoms with E-state index < -0.39 is 11.9 Å². The second-order valence-electron chi connectivity index (χ2n) is 7.65. The van der Waals surface area contributed by atoms with E-state index in [-0.39, 0.29) is 18.8 Å². The number of Topliss-reactive ketones (excluding diaryl/α,β-unsaturated/α-hetero) is 1. The fourth-order valence-corrected chi connectivity index (χ4v) is 3.59. The van der Waals surface area contributed by atoms with E-state index >= 15 is 0 Å². The number of carbonyl (C=O) groups excluding carboxylic acids is 1. The Morgan fingerprint density at radius 2 is 1.47 bits per heavy atom. The number of ketones is 1. The topological polar surface area (TPSA) is 74.6 Å². The number of aliphatic hydroxyl groups excluding tert-OH is 1. The van der Waals surface area contributed by atoms with Crippen molar-refractivity contribution >= 4 is 11.8 Å². The first-order valence-electron chi connectivity index (χ1n) is 10.7. The number of carboxylic acids is 1. The number of aliphatic carboxylic acids is 1. The van der Waals surface area contributed by atoms with Crippen LogP contribution in [0.3, 0.4) is 0 Å². The highest BCUT2D eigenvalue weighted by Gasteiger charge is 2.21. The molecule has 3 aromatic carbocycles. The van der Waals surface area contributed by atoms with E-state index in [1.165, 1.54) is 5.56 Å². The SMILES string of the molecule is O=C(CC(CCCc1ccccc1)C(=O)O)c1ccc(-c2ccc(C#CCO)cc2)cc1. The van der Waals surface area contributed by atoms with E-state index in [9.17, 15) is 14.7 Å². The van der Waals surface area contributed by atoms with E-state index in [2.05, 4.69) is 11.8 Å². The minimum absolute atomic E-state index is 0.00168. The Kier molecular flexibility index (Phi) is 8.36. The number of benzene rings is 3. The van der Waals surface area contributed by atoms with Gasteiger partial charge in [0.15, 0.2) is 5.78 Å². The number of hydrogen-bond donors (Lipinski definition) is 2. The first kappa shape index (κ1) is 23.0. The predicted molar refractivity (Wildman–Crippen MR) is 125 cm³/mol. The lowest BCUT2D eigenvalue weighted by Crippen LogP contribution is -2.18. The summed E-state index contributed by atoms with van der Waals surface area (Å²) in [5, 5.41) is 18.3. The minimum Gasteiger partial charge on any atom is -0.481 e. The van der Waals surface area contributed by atoms with Gasteiger partial charge in [-0.2, -0.15) is 0 Å². The van der Waals surface area contributed by atoms with Gasteiger partial charge < -0.3 is 10.2 Å². The molecule has 0 amide bonds. The second-order valence-corrected chi connectivity index (χ2v) is 7.65. The fraction of sp³-hybridized carbons (Fsp3) is 0.214. The number of hydrogen-bond acceptors (Lipinski definition) is 3. The average Bonchev–Trinajstić information content (AvgIpc) is 2.83. The molecule has 0 aliphatic carbocycles. The van der Waals surface area contributed by atoms with Crippen molar-refractivity contribution in [3.8, 4) is 23.0 Å². The lowest BCUT2D eigenvalue weighted by atomic mass is 9.92. The normalized spacial score (nSPS) is 11.3. The summed E-state index contributed by atoms with van der Waals surface area (Å²) in [5.41, 5.74) is 4.46. The van der Waals surface area contributed by atoms with E-state index in [0.717, 1.165) is 29.5 Å². The van der Waals surface area contributed by atoms with E-state index in [1.54, 1.807) is 12.1 Å². The van der Waals surface area contributed by atoms with Gasteiger partial charge in [-0.15, -0.1) is 0 Å². The Balaban J connectivity index is 1.59. The zero-order chi connectivity index (χ0) is 22.8. The summed E-state index contributed by atoms with van der Waals surface area (Å²) in [7, 11) is 0. The van der Waals surface area contributed by atoms with Crippen molar-refractivity contribution in [2.45, 2.75) is 25.7 Å². The molecule has 2 N–H and O–H groups in total. The highest BCUT2D eigenvalue weighted by atomic mass is 16.4. The summed E-state index contributed by atoms with van der Waals surface area (Å²) in [6.07, 6.45) is 2.00. The maximum absolute atomic E-state index is 12.7. The molecule has 0 saturated carbocycles. The molecule has 0 radical (unpaired) electrons. The monoisotopic (exact) mass is 426 g/mol. The first-order chi connectivity index (χ1) is 15.6. The van der Waals surface area contributed by atoms with E-state index in [1.807, 2.05) is 66.7 Å². The van der Waals surface area contributed by atoms with Crippen molar-refractivity contribution in [2.75, 3.05) is 6.61 Å². The van der Waals surface area contributed by atoms with Crippen LogP contribution >= 0.6 is 0 Å². The highest BCUT2D eigenvalue weighted by molar-refractivity contribution is 5.98. The number of aliphatic hydroxyl groups is 1. The van der Waals surface area contributed by atoms with Crippen LogP contribution in [-0.2, 0) is 11.2 Å². The van der Waals surface area contributed by atoms with Crippen molar-refractivity contribution in [3.05, 3.63) is 95.6 Å². The van der Waals surface area contributed by atoms with Crippen LogP contribution in [0.15, 0.2) is 78.9 Å². The van der Waals surface area contributed by atoms with Crippen LogP contribution in [0, 0.1) is 17.8 Å². The van der Waals surface area contributed by atoms with Gasteiger partial charge in [-0.3, -0.25) is 9.59 Å². The third-order valence-corrected chi connectivity index (χ3v) is 5.38. The largest absolute Gasteiger partial charge is 0.481 e. The molecule has 4 heteroatoms. The zero-order valence-corrected chi connectivity index (χ0v) is 17.8. The molecule has 0 spiro atoms. The predicted octanol–water partition coefficient (Wildman–Crippen LogP) is 4.99. The number of aryl methyl sites for hydroxylation is 1. The highest BCUT2D eigenvalue weighted by Crippen LogP contribution is 2.22. The Bertz CT molecular complexity index is 1090. The molecule has 0 heterocycles. The van der Waals surface area contributed by atoms with Gasteiger partial charge in [0.25, 0.3) is 0 Å². The molecule has 1 atom stereocenters. The second kappa shape index (κ2) is 11.6. The number of carboxylic acid groups (broad SMARTS) is 1. The van der Waals surface area contributed by atoms with Crippen LogP contribution in [0.25, 0.3) is 11.1 Å². The zero-order valence-electron chi connectivity index (χ0n) is 17.8. The molecular formula is C28H26O4. The van der Waals surface area contributed by atoms with Gasteiger partial charge >= 0.3 is 5.97 Å². The van der Waals surface area contributed by atoms with Crippen LogP contribution < -0.4 is 0 Å². The van der Waals surface area contributed by atoms with Crippen LogP contribution in [0.1, 0.15) is 40.7 Å². The molecule has 3 aromatic rings. The molecule has 0 saturated heterocycles. The van der Waals surface area contributed by atoms with Gasteiger partial charge in [-0.05, 0) is 48.1 Å². The maximum Gasteiger partial charge on any atom is 0.306 e. The van der Waals surface area contributed by atoms with Gasteiger partial charge in [-0.25, -0.2) is 0 Å². The Hall–Kier alpha value is -3.68. The molecule has 32 heavy (non-hydrogen) atoms. The van der Waals surface area contributed by atoms with Crippen molar-refractivity contribution in [1.29, 1.82) is 0 Å². The molecule has 3 rings (SSSR count).